The summed E-state index contributed by atoms with van der Waals surface area (Å²) in [5.74, 6) is -1.87. The Balaban J connectivity index is 1.24. The predicted molar refractivity (Wildman–Crippen MR) is 167 cm³/mol. The SMILES string of the molecule is O=C(CSc1ccc(NC(=O)/C(=C/c2c(F)cccc2Cl)NC(=O)c2ccccc2)cc1)Nc1nc2ccccc2s1. The van der Waals surface area contributed by atoms with Crippen molar-refractivity contribution >= 4 is 79.5 Å². The van der Waals surface area contributed by atoms with Gasteiger partial charge >= 0.3 is 0 Å². The molecular formula is C31H22ClFN4O3S2. The second-order valence-electron chi connectivity index (χ2n) is 8.82. The number of hydrogen-bond acceptors (Lipinski definition) is 6. The van der Waals surface area contributed by atoms with E-state index in [9.17, 15) is 18.8 Å². The molecule has 0 spiro atoms. The van der Waals surface area contributed by atoms with Gasteiger partial charge < -0.3 is 16.0 Å². The normalized spacial score (nSPS) is 11.2. The molecule has 42 heavy (non-hydrogen) atoms. The summed E-state index contributed by atoms with van der Waals surface area (Å²) in [6.07, 6.45) is 1.20. The van der Waals surface area contributed by atoms with Gasteiger partial charge in [-0.1, -0.05) is 59.3 Å². The molecule has 0 unspecified atom stereocenters. The van der Waals surface area contributed by atoms with Crippen LogP contribution in [-0.4, -0.2) is 28.5 Å². The Hall–Kier alpha value is -4.51. The lowest BCUT2D eigenvalue weighted by atomic mass is 10.1. The van der Waals surface area contributed by atoms with Crippen LogP contribution in [0.25, 0.3) is 16.3 Å². The number of nitrogens with zero attached hydrogens (tertiary/aromatic N) is 1. The van der Waals surface area contributed by atoms with Crippen LogP contribution in [0.15, 0.2) is 108 Å². The van der Waals surface area contributed by atoms with E-state index in [2.05, 4.69) is 20.9 Å². The van der Waals surface area contributed by atoms with Crippen molar-refractivity contribution in [2.45, 2.75) is 4.90 Å². The van der Waals surface area contributed by atoms with Crippen molar-refractivity contribution < 1.29 is 18.8 Å². The van der Waals surface area contributed by atoms with Crippen LogP contribution in [0.5, 0.6) is 0 Å². The van der Waals surface area contributed by atoms with Crippen LogP contribution >= 0.6 is 34.7 Å². The number of thiazole rings is 1. The molecule has 11 heteroatoms. The van der Waals surface area contributed by atoms with Gasteiger partial charge in [0, 0.05) is 21.7 Å². The van der Waals surface area contributed by atoms with Crippen molar-refractivity contribution in [1.29, 1.82) is 0 Å². The molecule has 7 nitrogen and oxygen atoms in total. The number of aromatic nitrogens is 1. The first kappa shape index (κ1) is 29.0. The van der Waals surface area contributed by atoms with E-state index >= 15 is 0 Å². The number of benzene rings is 4. The predicted octanol–water partition coefficient (Wildman–Crippen LogP) is 7.23. The van der Waals surface area contributed by atoms with E-state index in [1.807, 2.05) is 24.3 Å². The minimum absolute atomic E-state index is 0.0337. The summed E-state index contributed by atoms with van der Waals surface area (Å²) in [5, 5.41) is 8.72. The molecule has 0 aliphatic rings. The highest BCUT2D eigenvalue weighted by molar-refractivity contribution is 8.00. The highest BCUT2D eigenvalue weighted by Gasteiger charge is 2.17. The minimum atomic E-state index is -0.672. The van der Waals surface area contributed by atoms with Crippen molar-refractivity contribution in [3.8, 4) is 0 Å². The summed E-state index contributed by atoms with van der Waals surface area (Å²) in [4.78, 5) is 43.7. The molecule has 0 fully saturated rings. The Morgan fingerprint density at radius 1 is 0.881 bits per heavy atom. The van der Waals surface area contributed by atoms with E-state index in [1.54, 1.807) is 54.6 Å². The van der Waals surface area contributed by atoms with Crippen molar-refractivity contribution in [2.75, 3.05) is 16.4 Å². The fraction of sp³-hybridized carbons (Fsp3) is 0.0323. The molecule has 0 aliphatic carbocycles. The highest BCUT2D eigenvalue weighted by Crippen LogP contribution is 2.27. The Morgan fingerprint density at radius 2 is 1.62 bits per heavy atom. The second kappa shape index (κ2) is 13.4. The number of thioether (sulfide) groups is 1. The summed E-state index contributed by atoms with van der Waals surface area (Å²) in [6.45, 7) is 0. The van der Waals surface area contributed by atoms with E-state index in [-0.39, 0.29) is 27.9 Å². The molecule has 5 rings (SSSR count). The van der Waals surface area contributed by atoms with Crippen LogP contribution in [-0.2, 0) is 9.59 Å². The number of nitrogens with one attached hydrogen (secondary N) is 3. The average Bonchev–Trinajstić information content (AvgIpc) is 3.40. The lowest BCUT2D eigenvalue weighted by Crippen LogP contribution is -2.30. The number of rotatable bonds is 9. The largest absolute Gasteiger partial charge is 0.321 e. The van der Waals surface area contributed by atoms with Gasteiger partial charge in [-0.2, -0.15) is 0 Å². The summed E-state index contributed by atoms with van der Waals surface area (Å²) >= 11 is 8.90. The van der Waals surface area contributed by atoms with Crippen molar-refractivity contribution in [1.82, 2.24) is 10.3 Å². The zero-order valence-electron chi connectivity index (χ0n) is 21.8. The standard InChI is InChI=1S/C31H22ClFN4O3S2/c32-23-9-6-10-24(33)22(23)17-26(35-29(39)19-7-2-1-3-8-19)30(40)34-20-13-15-21(16-14-20)41-18-28(38)37-31-36-25-11-4-5-12-27(25)42-31/h1-17H,18H2,(H,34,40)(H,35,39)(H,36,37,38)/b26-17-. The van der Waals surface area contributed by atoms with Gasteiger partial charge in [-0.15, -0.1) is 11.8 Å². The number of fused-ring (bicyclic) bond motifs is 1. The lowest BCUT2D eigenvalue weighted by molar-refractivity contribution is -0.114. The Kier molecular flexibility index (Phi) is 9.28. The Labute approximate surface area is 253 Å². The fourth-order valence-electron chi connectivity index (χ4n) is 3.80. The molecule has 0 aliphatic heterocycles. The second-order valence-corrected chi connectivity index (χ2v) is 11.3. The molecule has 3 amide bonds. The summed E-state index contributed by atoms with van der Waals surface area (Å²) in [6, 6.07) is 27.0. The molecule has 3 N–H and O–H groups in total. The fourth-order valence-corrected chi connectivity index (χ4v) is 5.60. The van der Waals surface area contributed by atoms with E-state index in [4.69, 9.17) is 11.6 Å². The van der Waals surface area contributed by atoms with E-state index in [0.717, 1.165) is 15.1 Å². The van der Waals surface area contributed by atoms with Gasteiger partial charge in [0.05, 0.1) is 21.0 Å². The quantitative estimate of drug-likeness (QED) is 0.120. The molecular weight excluding hydrogens is 595 g/mol. The first-order valence-electron chi connectivity index (χ1n) is 12.6. The average molecular weight is 617 g/mol. The number of amides is 3. The summed E-state index contributed by atoms with van der Waals surface area (Å²) in [5.41, 5.74) is 1.36. The molecule has 0 atom stereocenters. The maximum atomic E-state index is 14.5. The van der Waals surface area contributed by atoms with Crippen LogP contribution in [0.1, 0.15) is 15.9 Å². The maximum absolute atomic E-state index is 14.5. The van der Waals surface area contributed by atoms with Crippen molar-refractivity contribution in [3.63, 3.8) is 0 Å². The zero-order chi connectivity index (χ0) is 29.5. The monoisotopic (exact) mass is 616 g/mol. The summed E-state index contributed by atoms with van der Waals surface area (Å²) < 4.78 is 15.5. The zero-order valence-corrected chi connectivity index (χ0v) is 24.2. The van der Waals surface area contributed by atoms with Crippen LogP contribution in [0.4, 0.5) is 15.2 Å². The number of carbonyl (C=O) groups excluding carboxylic acids is 3. The van der Waals surface area contributed by atoms with E-state index in [1.165, 1.54) is 47.4 Å². The first-order chi connectivity index (χ1) is 20.4. The molecule has 1 aromatic heterocycles. The molecule has 0 saturated carbocycles. The number of hydrogen-bond donors (Lipinski definition) is 3. The molecule has 0 radical (unpaired) electrons. The van der Waals surface area contributed by atoms with Gasteiger partial charge in [0.1, 0.15) is 11.5 Å². The van der Waals surface area contributed by atoms with Gasteiger partial charge in [0.2, 0.25) is 5.91 Å². The maximum Gasteiger partial charge on any atom is 0.272 e. The third kappa shape index (κ3) is 7.41. The van der Waals surface area contributed by atoms with Gasteiger partial charge in [-0.3, -0.25) is 14.4 Å². The van der Waals surface area contributed by atoms with Crippen LogP contribution in [0.3, 0.4) is 0 Å². The van der Waals surface area contributed by atoms with Crippen molar-refractivity contribution in [2.24, 2.45) is 0 Å². The van der Waals surface area contributed by atoms with Crippen molar-refractivity contribution in [3.05, 3.63) is 125 Å². The van der Waals surface area contributed by atoms with Crippen LogP contribution in [0.2, 0.25) is 5.02 Å². The van der Waals surface area contributed by atoms with Crippen LogP contribution in [0, 0.1) is 5.82 Å². The van der Waals surface area contributed by atoms with Crippen LogP contribution < -0.4 is 16.0 Å². The number of anilines is 2. The Bertz CT molecular complexity index is 1740. The lowest BCUT2D eigenvalue weighted by Gasteiger charge is -2.12. The van der Waals surface area contributed by atoms with Gasteiger partial charge in [0.25, 0.3) is 11.8 Å². The smallest absolute Gasteiger partial charge is 0.272 e. The molecule has 210 valence electrons. The third-order valence-corrected chi connectivity index (χ3v) is 8.13. The molecule has 0 saturated heterocycles. The molecule has 1 heterocycles. The number of para-hydroxylation sites is 1. The molecule has 0 bridgehead atoms. The number of carbonyl (C=O) groups is 3. The topological polar surface area (TPSA) is 100 Å². The third-order valence-electron chi connectivity index (χ3n) is 5.84. The number of halogens is 2. The van der Waals surface area contributed by atoms with E-state index < -0.39 is 17.6 Å². The minimum Gasteiger partial charge on any atom is -0.321 e. The highest BCUT2D eigenvalue weighted by atomic mass is 35.5. The van der Waals surface area contributed by atoms with E-state index in [0.29, 0.717) is 16.4 Å². The first-order valence-corrected chi connectivity index (χ1v) is 14.8. The summed E-state index contributed by atoms with van der Waals surface area (Å²) in [7, 11) is 0. The Morgan fingerprint density at radius 3 is 2.36 bits per heavy atom. The molecule has 5 aromatic rings. The van der Waals surface area contributed by atoms with Gasteiger partial charge in [-0.05, 0) is 66.7 Å². The molecule has 4 aromatic carbocycles. The van der Waals surface area contributed by atoms with Gasteiger partial charge in [0.15, 0.2) is 5.13 Å². The van der Waals surface area contributed by atoms with Gasteiger partial charge in [-0.25, -0.2) is 9.37 Å².